The molecule has 0 aromatic carbocycles. The molecule has 2 bridgehead atoms. The van der Waals surface area contributed by atoms with E-state index in [-0.39, 0.29) is 11.8 Å². The van der Waals surface area contributed by atoms with Crippen LogP contribution in [0.1, 0.15) is 19.3 Å². The number of nitrogens with one attached hydrogen (secondary N) is 1. The van der Waals surface area contributed by atoms with Crippen molar-refractivity contribution < 1.29 is 14.3 Å². The van der Waals surface area contributed by atoms with Gasteiger partial charge in [0, 0.05) is 38.3 Å². The third kappa shape index (κ3) is 4.14. The van der Waals surface area contributed by atoms with Gasteiger partial charge in [0.2, 0.25) is 11.8 Å². The Morgan fingerprint density at radius 3 is 2.41 bits per heavy atom. The summed E-state index contributed by atoms with van der Waals surface area (Å²) < 4.78 is 5.24. The number of thioether (sulfide) groups is 1. The van der Waals surface area contributed by atoms with Gasteiger partial charge in [-0.1, -0.05) is 0 Å². The number of rotatable bonds is 4. The summed E-state index contributed by atoms with van der Waals surface area (Å²) in [7, 11) is 0. The second-order valence-corrected chi connectivity index (χ2v) is 7.24. The lowest BCUT2D eigenvalue weighted by Gasteiger charge is -2.27. The molecule has 0 aromatic heterocycles. The van der Waals surface area contributed by atoms with Crippen molar-refractivity contribution in [2.24, 2.45) is 0 Å². The van der Waals surface area contributed by atoms with Gasteiger partial charge in [-0.15, -0.1) is 11.8 Å². The van der Waals surface area contributed by atoms with E-state index in [1.54, 1.807) is 0 Å². The van der Waals surface area contributed by atoms with Gasteiger partial charge in [-0.25, -0.2) is 0 Å². The Morgan fingerprint density at radius 1 is 0.955 bits per heavy atom. The van der Waals surface area contributed by atoms with E-state index < -0.39 is 0 Å². The number of ether oxygens (including phenoxy) is 1. The minimum absolute atomic E-state index is 0.123. The number of morpholine rings is 1. The molecule has 0 radical (unpaired) electrons. The lowest BCUT2D eigenvalue weighted by atomic mass is 10.1. The van der Waals surface area contributed by atoms with E-state index in [2.05, 4.69) is 5.32 Å². The van der Waals surface area contributed by atoms with E-state index >= 15 is 0 Å². The lowest BCUT2D eigenvalue weighted by Crippen LogP contribution is -2.42. The van der Waals surface area contributed by atoms with Crippen molar-refractivity contribution >= 4 is 23.6 Å². The van der Waals surface area contributed by atoms with Crippen LogP contribution in [0.15, 0.2) is 0 Å². The molecule has 1 N–H and O–H groups in total. The Morgan fingerprint density at radius 2 is 1.64 bits per heavy atom. The predicted octanol–water partition coefficient (Wildman–Crippen LogP) is -0.0687. The summed E-state index contributed by atoms with van der Waals surface area (Å²) in [4.78, 5) is 28.2. The number of hydrogen-bond acceptors (Lipinski definition) is 5. The minimum atomic E-state index is 0.123. The summed E-state index contributed by atoms with van der Waals surface area (Å²) >= 11 is 1.44. The third-order valence-corrected chi connectivity index (χ3v) is 5.59. The largest absolute Gasteiger partial charge is 0.378 e. The third-order valence-electron chi connectivity index (χ3n) is 4.69. The second-order valence-electron chi connectivity index (χ2n) is 6.25. The van der Waals surface area contributed by atoms with E-state index in [9.17, 15) is 9.59 Å². The average Bonchev–Trinajstić information content (AvgIpc) is 2.87. The summed E-state index contributed by atoms with van der Waals surface area (Å²) in [5.74, 6) is 1.10. The average molecular weight is 327 g/mol. The van der Waals surface area contributed by atoms with Crippen molar-refractivity contribution in [2.45, 2.75) is 31.3 Å². The van der Waals surface area contributed by atoms with Gasteiger partial charge in [0.25, 0.3) is 0 Å². The lowest BCUT2D eigenvalue weighted by molar-refractivity contribution is -0.132. The molecule has 2 atom stereocenters. The van der Waals surface area contributed by atoms with Crippen LogP contribution in [0, 0.1) is 0 Å². The molecular formula is C15H25N3O3S. The Hall–Kier alpha value is -0.790. The maximum atomic E-state index is 12.3. The highest BCUT2D eigenvalue weighted by molar-refractivity contribution is 8.00. The fourth-order valence-electron chi connectivity index (χ4n) is 3.39. The van der Waals surface area contributed by atoms with Crippen LogP contribution in [0.3, 0.4) is 0 Å². The van der Waals surface area contributed by atoms with E-state index in [4.69, 9.17) is 4.74 Å². The van der Waals surface area contributed by atoms with Crippen molar-refractivity contribution in [3.63, 3.8) is 0 Å². The number of amides is 2. The maximum Gasteiger partial charge on any atom is 0.232 e. The normalized spacial score (nSPS) is 28.5. The molecule has 3 aliphatic rings. The number of hydrogen-bond donors (Lipinski definition) is 1. The number of nitrogens with zero attached hydrogens (tertiary/aromatic N) is 2. The molecule has 2 amide bonds. The van der Waals surface area contributed by atoms with Gasteiger partial charge in [-0.3, -0.25) is 9.59 Å². The zero-order valence-corrected chi connectivity index (χ0v) is 13.8. The summed E-state index contributed by atoms with van der Waals surface area (Å²) in [5, 5.41) is 3.58. The highest BCUT2D eigenvalue weighted by Crippen LogP contribution is 2.21. The second kappa shape index (κ2) is 7.66. The van der Waals surface area contributed by atoms with Gasteiger partial charge in [0.05, 0.1) is 24.7 Å². The molecule has 0 aliphatic carbocycles. The van der Waals surface area contributed by atoms with Crippen LogP contribution < -0.4 is 5.32 Å². The van der Waals surface area contributed by atoms with E-state index in [1.807, 2.05) is 9.80 Å². The van der Waals surface area contributed by atoms with Gasteiger partial charge >= 0.3 is 0 Å². The Labute approximate surface area is 135 Å². The van der Waals surface area contributed by atoms with Crippen molar-refractivity contribution in [3.8, 4) is 0 Å². The SMILES string of the molecule is O=C(CSCC(=O)N1CCC2CCC(C1)N2)N1CCOCC1. The first kappa shape index (κ1) is 16.1. The highest BCUT2D eigenvalue weighted by atomic mass is 32.2. The molecular weight excluding hydrogens is 302 g/mol. The van der Waals surface area contributed by atoms with Crippen LogP contribution in [-0.2, 0) is 14.3 Å². The smallest absolute Gasteiger partial charge is 0.232 e. The van der Waals surface area contributed by atoms with Crippen molar-refractivity contribution in [1.82, 2.24) is 15.1 Å². The molecule has 0 aromatic rings. The molecule has 3 heterocycles. The van der Waals surface area contributed by atoms with E-state index in [0.717, 1.165) is 19.5 Å². The van der Waals surface area contributed by atoms with Gasteiger partial charge in [0.15, 0.2) is 0 Å². The van der Waals surface area contributed by atoms with Crippen LogP contribution in [-0.4, -0.2) is 84.6 Å². The van der Waals surface area contributed by atoms with Crippen LogP contribution >= 0.6 is 11.8 Å². The molecule has 124 valence electrons. The number of carbonyl (C=O) groups excluding carboxylic acids is 2. The highest BCUT2D eigenvalue weighted by Gasteiger charge is 2.31. The predicted molar refractivity (Wildman–Crippen MR) is 85.9 cm³/mol. The van der Waals surface area contributed by atoms with E-state index in [0.29, 0.717) is 49.9 Å². The Bertz CT molecular complexity index is 415. The first-order valence-corrected chi connectivity index (χ1v) is 9.35. The van der Waals surface area contributed by atoms with Crippen molar-refractivity contribution in [1.29, 1.82) is 0 Å². The summed E-state index contributed by atoms with van der Waals surface area (Å²) in [6, 6.07) is 1.06. The van der Waals surface area contributed by atoms with Gasteiger partial charge in [-0.05, 0) is 19.3 Å². The van der Waals surface area contributed by atoms with Crippen LogP contribution in [0.4, 0.5) is 0 Å². The minimum Gasteiger partial charge on any atom is -0.378 e. The first-order chi connectivity index (χ1) is 10.7. The zero-order chi connectivity index (χ0) is 15.4. The fraction of sp³-hybridized carbons (Fsp3) is 0.867. The van der Waals surface area contributed by atoms with Gasteiger partial charge in [0.1, 0.15) is 0 Å². The molecule has 0 spiro atoms. The van der Waals surface area contributed by atoms with E-state index in [1.165, 1.54) is 24.6 Å². The monoisotopic (exact) mass is 327 g/mol. The van der Waals surface area contributed by atoms with Crippen LogP contribution in [0.5, 0.6) is 0 Å². The topological polar surface area (TPSA) is 61.9 Å². The van der Waals surface area contributed by atoms with Gasteiger partial charge < -0.3 is 19.9 Å². The molecule has 3 saturated heterocycles. The van der Waals surface area contributed by atoms with Crippen LogP contribution in [0.25, 0.3) is 0 Å². The molecule has 3 rings (SSSR count). The molecule has 0 saturated carbocycles. The quantitative estimate of drug-likeness (QED) is 0.783. The molecule has 3 aliphatic heterocycles. The summed E-state index contributed by atoms with van der Waals surface area (Å²) in [5.41, 5.74) is 0. The summed E-state index contributed by atoms with van der Waals surface area (Å²) in [6.07, 6.45) is 3.48. The maximum absolute atomic E-state index is 12.3. The zero-order valence-electron chi connectivity index (χ0n) is 13.0. The number of likely N-dealkylation sites (tertiary alicyclic amines) is 1. The van der Waals surface area contributed by atoms with Crippen LogP contribution in [0.2, 0.25) is 0 Å². The first-order valence-electron chi connectivity index (χ1n) is 8.19. The Balaban J connectivity index is 1.37. The van der Waals surface area contributed by atoms with Crippen molar-refractivity contribution in [2.75, 3.05) is 50.9 Å². The fourth-order valence-corrected chi connectivity index (χ4v) is 4.21. The summed E-state index contributed by atoms with van der Waals surface area (Å²) in [6.45, 7) is 4.28. The molecule has 22 heavy (non-hydrogen) atoms. The number of carbonyl (C=O) groups is 2. The standard InChI is InChI=1S/C15H25N3O3S/c19-14(17-5-7-21-8-6-17)10-22-11-15(20)18-4-3-12-1-2-13(9-18)16-12/h12-13,16H,1-11H2. The molecule has 3 fully saturated rings. The Kier molecular flexibility index (Phi) is 5.60. The van der Waals surface area contributed by atoms with Crippen molar-refractivity contribution in [3.05, 3.63) is 0 Å². The number of fused-ring (bicyclic) bond motifs is 2. The molecule has 7 heteroatoms. The van der Waals surface area contributed by atoms with Gasteiger partial charge in [-0.2, -0.15) is 0 Å². The molecule has 6 nitrogen and oxygen atoms in total. The molecule has 2 unspecified atom stereocenters.